The number of carbonyl (C=O) groups is 2. The molecule has 0 saturated carbocycles. The van der Waals surface area contributed by atoms with E-state index in [1.165, 1.54) is 18.3 Å². The number of nitrogens with one attached hydrogen (secondary N) is 2. The van der Waals surface area contributed by atoms with Crippen LogP contribution in [0.3, 0.4) is 0 Å². The van der Waals surface area contributed by atoms with Gasteiger partial charge in [-0.25, -0.2) is 4.39 Å². The van der Waals surface area contributed by atoms with E-state index in [0.717, 1.165) is 0 Å². The maximum absolute atomic E-state index is 13.9. The first-order chi connectivity index (χ1) is 11.5. The summed E-state index contributed by atoms with van der Waals surface area (Å²) in [6.45, 7) is 3.63. The third-order valence-electron chi connectivity index (χ3n) is 2.94. The summed E-state index contributed by atoms with van der Waals surface area (Å²) in [7, 11) is 0. The molecule has 0 bridgehead atoms. The van der Waals surface area contributed by atoms with Gasteiger partial charge in [0.1, 0.15) is 0 Å². The van der Waals surface area contributed by atoms with Crippen LogP contribution < -0.4 is 15.4 Å². The third kappa shape index (κ3) is 5.05. The van der Waals surface area contributed by atoms with Crippen LogP contribution in [0.2, 0.25) is 0 Å². The quantitative estimate of drug-likeness (QED) is 0.824. The molecule has 126 valence electrons. The van der Waals surface area contributed by atoms with Crippen molar-refractivity contribution in [2.75, 3.05) is 5.32 Å². The molecule has 1 aromatic carbocycles. The highest BCUT2D eigenvalue weighted by molar-refractivity contribution is 6.39. The van der Waals surface area contributed by atoms with Gasteiger partial charge in [0.25, 0.3) is 0 Å². The molecule has 2 N–H and O–H groups in total. The molecule has 0 fully saturated rings. The van der Waals surface area contributed by atoms with E-state index in [4.69, 9.17) is 4.74 Å². The Morgan fingerprint density at radius 1 is 1.25 bits per heavy atom. The number of hydrogen-bond donors (Lipinski definition) is 2. The Labute approximate surface area is 139 Å². The zero-order valence-electron chi connectivity index (χ0n) is 13.4. The Kier molecular flexibility index (Phi) is 5.83. The van der Waals surface area contributed by atoms with Gasteiger partial charge in [-0.15, -0.1) is 0 Å². The summed E-state index contributed by atoms with van der Waals surface area (Å²) in [5, 5.41) is 4.84. The van der Waals surface area contributed by atoms with Crippen LogP contribution in [-0.4, -0.2) is 22.9 Å². The molecule has 0 aliphatic rings. The average molecular weight is 331 g/mol. The third-order valence-corrected chi connectivity index (χ3v) is 2.94. The first-order valence-electron chi connectivity index (χ1n) is 7.40. The van der Waals surface area contributed by atoms with Gasteiger partial charge in [-0.2, -0.15) is 0 Å². The standard InChI is InChI=1S/C17H18FN3O3/c1-11(2)24-15-6-5-12(8-14(15)18)9-20-16(22)17(23)21-13-4-3-7-19-10-13/h3-8,10-11H,9H2,1-2H3,(H,20,22)(H,21,23). The van der Waals surface area contributed by atoms with Gasteiger partial charge in [0, 0.05) is 12.7 Å². The zero-order chi connectivity index (χ0) is 17.5. The van der Waals surface area contributed by atoms with Gasteiger partial charge in [-0.3, -0.25) is 14.6 Å². The molecule has 2 rings (SSSR count). The summed E-state index contributed by atoms with van der Waals surface area (Å²) in [4.78, 5) is 27.3. The minimum absolute atomic E-state index is 0.0260. The predicted molar refractivity (Wildman–Crippen MR) is 86.9 cm³/mol. The summed E-state index contributed by atoms with van der Waals surface area (Å²) in [6, 6.07) is 7.63. The molecule has 1 heterocycles. The summed E-state index contributed by atoms with van der Waals surface area (Å²) in [5.74, 6) is -2.00. The number of aromatic nitrogens is 1. The van der Waals surface area contributed by atoms with Crippen molar-refractivity contribution in [1.29, 1.82) is 0 Å². The average Bonchev–Trinajstić information content (AvgIpc) is 2.55. The molecule has 24 heavy (non-hydrogen) atoms. The molecular formula is C17H18FN3O3. The number of benzene rings is 1. The normalized spacial score (nSPS) is 10.3. The number of hydrogen-bond acceptors (Lipinski definition) is 4. The van der Waals surface area contributed by atoms with Crippen molar-refractivity contribution >= 4 is 17.5 Å². The van der Waals surface area contributed by atoms with Crippen LogP contribution in [0.1, 0.15) is 19.4 Å². The molecule has 1 aromatic heterocycles. The number of nitrogens with zero attached hydrogens (tertiary/aromatic N) is 1. The SMILES string of the molecule is CC(C)Oc1ccc(CNC(=O)C(=O)Nc2cccnc2)cc1F. The van der Waals surface area contributed by atoms with Crippen LogP contribution in [0.15, 0.2) is 42.7 Å². The van der Waals surface area contributed by atoms with E-state index in [-0.39, 0.29) is 18.4 Å². The Hall–Kier alpha value is -2.96. The lowest BCUT2D eigenvalue weighted by atomic mass is 10.2. The lowest BCUT2D eigenvalue weighted by Crippen LogP contribution is -2.35. The van der Waals surface area contributed by atoms with Crippen molar-refractivity contribution in [3.8, 4) is 5.75 Å². The van der Waals surface area contributed by atoms with E-state index in [9.17, 15) is 14.0 Å². The fourth-order valence-electron chi connectivity index (χ4n) is 1.89. The van der Waals surface area contributed by atoms with Gasteiger partial charge < -0.3 is 15.4 Å². The van der Waals surface area contributed by atoms with Gasteiger partial charge in [-0.05, 0) is 43.7 Å². The number of ether oxygens (including phenoxy) is 1. The van der Waals surface area contributed by atoms with E-state index in [1.54, 1.807) is 38.2 Å². The van der Waals surface area contributed by atoms with E-state index in [2.05, 4.69) is 15.6 Å². The maximum atomic E-state index is 13.9. The van der Waals surface area contributed by atoms with Gasteiger partial charge >= 0.3 is 11.8 Å². The molecule has 7 heteroatoms. The summed E-state index contributed by atoms with van der Waals surface area (Å²) >= 11 is 0. The number of halogens is 1. The smallest absolute Gasteiger partial charge is 0.313 e. The summed E-state index contributed by atoms with van der Waals surface area (Å²) in [5.41, 5.74) is 0.935. The molecule has 2 amide bonds. The van der Waals surface area contributed by atoms with Crippen molar-refractivity contribution < 1.29 is 18.7 Å². The Morgan fingerprint density at radius 3 is 2.67 bits per heavy atom. The van der Waals surface area contributed by atoms with E-state index < -0.39 is 17.6 Å². The second-order valence-electron chi connectivity index (χ2n) is 5.31. The van der Waals surface area contributed by atoms with Crippen molar-refractivity contribution in [1.82, 2.24) is 10.3 Å². The monoisotopic (exact) mass is 331 g/mol. The van der Waals surface area contributed by atoms with E-state index in [1.807, 2.05) is 0 Å². The lowest BCUT2D eigenvalue weighted by Gasteiger charge is -2.11. The van der Waals surface area contributed by atoms with Crippen LogP contribution in [-0.2, 0) is 16.1 Å². The predicted octanol–water partition coefficient (Wildman–Crippen LogP) is 2.26. The molecule has 0 spiro atoms. The van der Waals surface area contributed by atoms with Crippen molar-refractivity contribution in [3.05, 3.63) is 54.1 Å². The Morgan fingerprint density at radius 2 is 2.04 bits per heavy atom. The van der Waals surface area contributed by atoms with Crippen LogP contribution in [0, 0.1) is 5.82 Å². The highest BCUT2D eigenvalue weighted by Gasteiger charge is 2.14. The first-order valence-corrected chi connectivity index (χ1v) is 7.40. The molecule has 0 unspecified atom stereocenters. The van der Waals surface area contributed by atoms with Crippen LogP contribution >= 0.6 is 0 Å². The summed E-state index contributed by atoms with van der Waals surface area (Å²) < 4.78 is 19.2. The summed E-state index contributed by atoms with van der Waals surface area (Å²) in [6.07, 6.45) is 2.84. The highest BCUT2D eigenvalue weighted by Crippen LogP contribution is 2.19. The number of anilines is 1. The topological polar surface area (TPSA) is 80.3 Å². The molecule has 0 saturated heterocycles. The maximum Gasteiger partial charge on any atom is 0.313 e. The lowest BCUT2D eigenvalue weighted by molar-refractivity contribution is -0.136. The molecule has 2 aromatic rings. The van der Waals surface area contributed by atoms with Gasteiger partial charge in [-0.1, -0.05) is 6.07 Å². The fourth-order valence-corrected chi connectivity index (χ4v) is 1.89. The molecule has 0 aliphatic carbocycles. The molecule has 0 atom stereocenters. The van der Waals surface area contributed by atoms with E-state index >= 15 is 0 Å². The van der Waals surface area contributed by atoms with Gasteiger partial charge in [0.05, 0.1) is 18.0 Å². The van der Waals surface area contributed by atoms with Gasteiger partial charge in [0.15, 0.2) is 11.6 Å². The second kappa shape index (κ2) is 8.05. The number of pyridine rings is 1. The van der Waals surface area contributed by atoms with Crippen molar-refractivity contribution in [2.24, 2.45) is 0 Å². The molecule has 6 nitrogen and oxygen atoms in total. The van der Waals surface area contributed by atoms with Gasteiger partial charge in [0.2, 0.25) is 0 Å². The van der Waals surface area contributed by atoms with Crippen LogP contribution in [0.4, 0.5) is 10.1 Å². The molecular weight excluding hydrogens is 313 g/mol. The number of amides is 2. The minimum Gasteiger partial charge on any atom is -0.488 e. The number of rotatable bonds is 5. The minimum atomic E-state index is -0.818. The van der Waals surface area contributed by atoms with Crippen molar-refractivity contribution in [3.63, 3.8) is 0 Å². The largest absolute Gasteiger partial charge is 0.488 e. The van der Waals surface area contributed by atoms with Crippen LogP contribution in [0.5, 0.6) is 5.75 Å². The van der Waals surface area contributed by atoms with Crippen LogP contribution in [0.25, 0.3) is 0 Å². The second-order valence-corrected chi connectivity index (χ2v) is 5.31. The zero-order valence-corrected chi connectivity index (χ0v) is 13.4. The fraction of sp³-hybridized carbons (Fsp3) is 0.235. The van der Waals surface area contributed by atoms with E-state index in [0.29, 0.717) is 11.3 Å². The molecule has 0 aliphatic heterocycles. The Bertz CT molecular complexity index is 720. The molecule has 0 radical (unpaired) electrons. The Balaban J connectivity index is 1.89. The van der Waals surface area contributed by atoms with Crippen molar-refractivity contribution in [2.45, 2.75) is 26.5 Å². The first kappa shape index (κ1) is 17.4. The number of carbonyl (C=O) groups excluding carboxylic acids is 2. The highest BCUT2D eigenvalue weighted by atomic mass is 19.1.